The molecule has 0 bridgehead atoms. The van der Waals surface area contributed by atoms with Gasteiger partial charge in [0.05, 0.1) is 17.3 Å². The summed E-state index contributed by atoms with van der Waals surface area (Å²) in [4.78, 5) is 36.7. The quantitative estimate of drug-likeness (QED) is 0.683. The standard InChI is InChI=1S/C25H26N4O2/c1-18-21(24(30)27-16-19-10-4-2-5-11-19)17-26-23(28-18)22-14-8-9-15-29(22)25(31)20-12-6-3-7-13-20/h2-7,10-13,17,22H,8-9,14-16H2,1H3,(H,27,30)/t22-/m1/s1. The molecule has 0 unspecified atom stereocenters. The first-order valence-corrected chi connectivity index (χ1v) is 10.6. The Balaban J connectivity index is 1.50. The van der Waals surface area contributed by atoms with E-state index in [1.165, 1.54) is 0 Å². The molecular formula is C25H26N4O2. The van der Waals surface area contributed by atoms with Gasteiger partial charge in [-0.1, -0.05) is 48.5 Å². The van der Waals surface area contributed by atoms with Crippen molar-refractivity contribution in [1.82, 2.24) is 20.2 Å². The van der Waals surface area contributed by atoms with Crippen molar-refractivity contribution in [2.75, 3.05) is 6.54 Å². The molecule has 2 heterocycles. The molecule has 1 saturated heterocycles. The molecule has 6 heteroatoms. The molecule has 2 amide bonds. The lowest BCUT2D eigenvalue weighted by atomic mass is 9.99. The average Bonchev–Trinajstić information content (AvgIpc) is 2.83. The Kier molecular flexibility index (Phi) is 6.36. The molecule has 1 N–H and O–H groups in total. The number of nitrogens with zero attached hydrogens (tertiary/aromatic N) is 3. The molecule has 6 nitrogen and oxygen atoms in total. The van der Waals surface area contributed by atoms with Crippen LogP contribution in [0.4, 0.5) is 0 Å². The van der Waals surface area contributed by atoms with E-state index in [1.54, 1.807) is 6.20 Å². The van der Waals surface area contributed by atoms with Gasteiger partial charge < -0.3 is 10.2 Å². The van der Waals surface area contributed by atoms with Gasteiger partial charge in [0.1, 0.15) is 0 Å². The van der Waals surface area contributed by atoms with E-state index >= 15 is 0 Å². The number of hydrogen-bond donors (Lipinski definition) is 1. The number of amides is 2. The maximum absolute atomic E-state index is 13.1. The summed E-state index contributed by atoms with van der Waals surface area (Å²) in [5.74, 6) is 0.395. The molecule has 1 aromatic heterocycles. The van der Waals surface area contributed by atoms with Gasteiger partial charge in [0.15, 0.2) is 5.82 Å². The van der Waals surface area contributed by atoms with E-state index in [2.05, 4.69) is 15.3 Å². The Morgan fingerprint density at radius 3 is 2.45 bits per heavy atom. The molecule has 0 spiro atoms. The zero-order valence-electron chi connectivity index (χ0n) is 17.6. The molecule has 1 fully saturated rings. The Bertz CT molecular complexity index is 1050. The van der Waals surface area contributed by atoms with E-state index in [-0.39, 0.29) is 17.9 Å². The molecular weight excluding hydrogens is 388 g/mol. The second kappa shape index (κ2) is 9.51. The summed E-state index contributed by atoms with van der Waals surface area (Å²) in [5.41, 5.74) is 2.77. The normalized spacial score (nSPS) is 16.0. The first-order valence-electron chi connectivity index (χ1n) is 10.6. The second-order valence-electron chi connectivity index (χ2n) is 7.77. The number of aryl methyl sites for hydroxylation is 1. The van der Waals surface area contributed by atoms with Crippen LogP contribution in [-0.2, 0) is 6.54 Å². The topological polar surface area (TPSA) is 75.2 Å². The molecule has 4 rings (SSSR count). The van der Waals surface area contributed by atoms with Gasteiger partial charge in [-0.25, -0.2) is 9.97 Å². The minimum absolute atomic E-state index is 0.00349. The Morgan fingerprint density at radius 1 is 1.03 bits per heavy atom. The molecule has 1 aliphatic rings. The molecule has 158 valence electrons. The number of carbonyl (C=O) groups is 2. The van der Waals surface area contributed by atoms with Gasteiger partial charge in [-0.3, -0.25) is 9.59 Å². The van der Waals surface area contributed by atoms with Crippen molar-refractivity contribution >= 4 is 11.8 Å². The first-order chi connectivity index (χ1) is 15.1. The highest BCUT2D eigenvalue weighted by molar-refractivity contribution is 5.95. The van der Waals surface area contributed by atoms with Crippen LogP contribution < -0.4 is 5.32 Å². The van der Waals surface area contributed by atoms with Gasteiger partial charge in [0, 0.05) is 24.8 Å². The van der Waals surface area contributed by atoms with Crippen LogP contribution in [0.5, 0.6) is 0 Å². The third-order valence-electron chi connectivity index (χ3n) is 5.62. The number of nitrogens with one attached hydrogen (secondary N) is 1. The Labute approximate surface area is 182 Å². The molecule has 1 aliphatic heterocycles. The van der Waals surface area contributed by atoms with Crippen LogP contribution in [-0.4, -0.2) is 33.2 Å². The summed E-state index contributed by atoms with van der Waals surface area (Å²) in [6.07, 6.45) is 4.38. The van der Waals surface area contributed by atoms with Crippen molar-refractivity contribution in [3.8, 4) is 0 Å². The lowest BCUT2D eigenvalue weighted by Gasteiger charge is -2.35. The lowest BCUT2D eigenvalue weighted by Crippen LogP contribution is -2.39. The van der Waals surface area contributed by atoms with E-state index < -0.39 is 0 Å². The summed E-state index contributed by atoms with van der Waals surface area (Å²) in [6, 6.07) is 18.9. The number of piperidine rings is 1. The maximum atomic E-state index is 13.1. The van der Waals surface area contributed by atoms with Crippen molar-refractivity contribution in [1.29, 1.82) is 0 Å². The molecule has 0 aliphatic carbocycles. The number of benzene rings is 2. The number of aromatic nitrogens is 2. The fourth-order valence-electron chi connectivity index (χ4n) is 3.93. The minimum atomic E-state index is -0.200. The largest absolute Gasteiger partial charge is 0.348 e. The predicted octanol–water partition coefficient (Wildman–Crippen LogP) is 4.08. The molecule has 31 heavy (non-hydrogen) atoms. The zero-order chi connectivity index (χ0) is 21.6. The van der Waals surface area contributed by atoms with E-state index in [4.69, 9.17) is 0 Å². The van der Waals surface area contributed by atoms with Crippen LogP contribution in [0, 0.1) is 6.92 Å². The van der Waals surface area contributed by atoms with Crippen LogP contribution in [0.1, 0.15) is 63.1 Å². The molecule has 1 atom stereocenters. The van der Waals surface area contributed by atoms with Gasteiger partial charge >= 0.3 is 0 Å². The Morgan fingerprint density at radius 2 is 1.74 bits per heavy atom. The summed E-state index contributed by atoms with van der Waals surface area (Å²) in [7, 11) is 0. The lowest BCUT2D eigenvalue weighted by molar-refractivity contribution is 0.0599. The molecule has 3 aromatic rings. The summed E-state index contributed by atoms with van der Waals surface area (Å²) in [5, 5.41) is 2.92. The molecule has 2 aromatic carbocycles. The molecule has 0 saturated carbocycles. The van der Waals surface area contributed by atoms with E-state index in [0.29, 0.717) is 35.7 Å². The van der Waals surface area contributed by atoms with Crippen molar-refractivity contribution in [2.24, 2.45) is 0 Å². The third-order valence-corrected chi connectivity index (χ3v) is 5.62. The van der Waals surface area contributed by atoms with Gasteiger partial charge in [0.25, 0.3) is 11.8 Å². The number of likely N-dealkylation sites (tertiary alicyclic amines) is 1. The average molecular weight is 415 g/mol. The summed E-state index contributed by atoms with van der Waals surface area (Å²) in [6.45, 7) is 2.94. The van der Waals surface area contributed by atoms with Gasteiger partial charge in [0.2, 0.25) is 0 Å². The van der Waals surface area contributed by atoms with Crippen molar-refractivity contribution < 1.29 is 9.59 Å². The SMILES string of the molecule is Cc1nc([C@H]2CCCCN2C(=O)c2ccccc2)ncc1C(=O)NCc1ccccc1. The third kappa shape index (κ3) is 4.79. The summed E-state index contributed by atoms with van der Waals surface area (Å²) < 4.78 is 0. The van der Waals surface area contributed by atoms with Crippen LogP contribution >= 0.6 is 0 Å². The highest BCUT2D eigenvalue weighted by Gasteiger charge is 2.31. The van der Waals surface area contributed by atoms with E-state index in [9.17, 15) is 9.59 Å². The second-order valence-corrected chi connectivity index (χ2v) is 7.77. The van der Waals surface area contributed by atoms with Crippen LogP contribution in [0.15, 0.2) is 66.9 Å². The zero-order valence-corrected chi connectivity index (χ0v) is 17.6. The Hall–Kier alpha value is -3.54. The van der Waals surface area contributed by atoms with Crippen molar-refractivity contribution in [2.45, 2.75) is 38.8 Å². The van der Waals surface area contributed by atoms with E-state index in [1.807, 2.05) is 72.5 Å². The minimum Gasteiger partial charge on any atom is -0.348 e. The maximum Gasteiger partial charge on any atom is 0.254 e. The molecule has 0 radical (unpaired) electrons. The monoisotopic (exact) mass is 414 g/mol. The van der Waals surface area contributed by atoms with Crippen molar-refractivity contribution in [3.63, 3.8) is 0 Å². The van der Waals surface area contributed by atoms with Gasteiger partial charge in [-0.2, -0.15) is 0 Å². The summed E-state index contributed by atoms with van der Waals surface area (Å²) >= 11 is 0. The first kappa shape index (κ1) is 20.7. The number of hydrogen-bond acceptors (Lipinski definition) is 4. The van der Waals surface area contributed by atoms with Gasteiger partial charge in [-0.05, 0) is 43.9 Å². The van der Waals surface area contributed by atoms with Gasteiger partial charge in [-0.15, -0.1) is 0 Å². The predicted molar refractivity (Wildman–Crippen MR) is 118 cm³/mol. The van der Waals surface area contributed by atoms with E-state index in [0.717, 1.165) is 24.8 Å². The highest BCUT2D eigenvalue weighted by atomic mass is 16.2. The van der Waals surface area contributed by atoms with Crippen LogP contribution in [0.3, 0.4) is 0 Å². The fraction of sp³-hybridized carbons (Fsp3) is 0.280. The number of rotatable bonds is 5. The highest BCUT2D eigenvalue weighted by Crippen LogP contribution is 2.30. The van der Waals surface area contributed by atoms with Crippen LogP contribution in [0.25, 0.3) is 0 Å². The van der Waals surface area contributed by atoms with Crippen molar-refractivity contribution in [3.05, 3.63) is 95.1 Å². The number of carbonyl (C=O) groups excluding carboxylic acids is 2. The van der Waals surface area contributed by atoms with Crippen LogP contribution in [0.2, 0.25) is 0 Å². The smallest absolute Gasteiger partial charge is 0.254 e. The fourth-order valence-corrected chi connectivity index (χ4v) is 3.93.